The van der Waals surface area contributed by atoms with E-state index >= 15 is 0 Å². The molecule has 1 aromatic heterocycles. The molecular weight excluding hydrogens is 338 g/mol. The molecule has 1 saturated heterocycles. The Balaban J connectivity index is 1.47. The van der Waals surface area contributed by atoms with Crippen LogP contribution in [0.3, 0.4) is 0 Å². The molecule has 0 unspecified atom stereocenters. The maximum absolute atomic E-state index is 12.7. The number of nitrogens with one attached hydrogen (secondary N) is 1. The Morgan fingerprint density at radius 1 is 1.11 bits per heavy atom. The highest BCUT2D eigenvalue weighted by Gasteiger charge is 2.24. The SMILES string of the molecule is CN(C)CCNc1ccc(C(=O)N2CCC(Cc3ccccc3)CC2)nn1. The first-order valence-electron chi connectivity index (χ1n) is 9.67. The van der Waals surface area contributed by atoms with Crippen molar-refractivity contribution in [3.05, 3.63) is 53.7 Å². The van der Waals surface area contributed by atoms with Gasteiger partial charge >= 0.3 is 0 Å². The zero-order chi connectivity index (χ0) is 19.1. The van der Waals surface area contributed by atoms with Crippen molar-refractivity contribution in [3.8, 4) is 0 Å². The average molecular weight is 367 g/mol. The molecule has 2 aromatic rings. The van der Waals surface area contributed by atoms with Gasteiger partial charge in [-0.15, -0.1) is 10.2 Å². The second kappa shape index (κ2) is 9.46. The first-order valence-corrected chi connectivity index (χ1v) is 9.67. The number of benzene rings is 1. The summed E-state index contributed by atoms with van der Waals surface area (Å²) in [6.07, 6.45) is 3.17. The minimum atomic E-state index is -0.0134. The number of nitrogens with zero attached hydrogens (tertiary/aromatic N) is 4. The molecule has 1 aliphatic rings. The zero-order valence-corrected chi connectivity index (χ0v) is 16.3. The van der Waals surface area contributed by atoms with Crippen LogP contribution in [0.4, 0.5) is 5.82 Å². The van der Waals surface area contributed by atoms with Crippen LogP contribution in [-0.4, -0.2) is 66.2 Å². The van der Waals surface area contributed by atoms with Crippen molar-refractivity contribution in [1.82, 2.24) is 20.0 Å². The summed E-state index contributed by atoms with van der Waals surface area (Å²) in [4.78, 5) is 16.7. The molecule has 1 N–H and O–H groups in total. The lowest BCUT2D eigenvalue weighted by atomic mass is 9.90. The van der Waals surface area contributed by atoms with Gasteiger partial charge in [-0.25, -0.2) is 0 Å². The average Bonchev–Trinajstić information content (AvgIpc) is 2.69. The molecular formula is C21H29N5O. The van der Waals surface area contributed by atoms with Gasteiger partial charge in [0.2, 0.25) is 0 Å². The number of hydrogen-bond acceptors (Lipinski definition) is 5. The molecule has 1 aliphatic heterocycles. The quantitative estimate of drug-likeness (QED) is 0.815. The fourth-order valence-corrected chi connectivity index (χ4v) is 3.40. The Morgan fingerprint density at radius 2 is 1.85 bits per heavy atom. The molecule has 1 amide bonds. The predicted molar refractivity (Wildman–Crippen MR) is 108 cm³/mol. The molecule has 1 aromatic carbocycles. The van der Waals surface area contributed by atoms with Gasteiger partial charge in [0, 0.05) is 26.2 Å². The van der Waals surface area contributed by atoms with Gasteiger partial charge < -0.3 is 15.1 Å². The van der Waals surface area contributed by atoms with Gasteiger partial charge in [0.15, 0.2) is 5.69 Å². The number of likely N-dealkylation sites (tertiary alicyclic amines) is 1. The fraction of sp³-hybridized carbons (Fsp3) is 0.476. The Bertz CT molecular complexity index is 709. The lowest BCUT2D eigenvalue weighted by Gasteiger charge is -2.31. The van der Waals surface area contributed by atoms with Crippen molar-refractivity contribution in [2.45, 2.75) is 19.3 Å². The highest BCUT2D eigenvalue weighted by Crippen LogP contribution is 2.22. The number of amides is 1. The molecule has 0 atom stereocenters. The summed E-state index contributed by atoms with van der Waals surface area (Å²) in [7, 11) is 4.05. The Kier molecular flexibility index (Phi) is 6.76. The summed E-state index contributed by atoms with van der Waals surface area (Å²) in [6.45, 7) is 3.30. The van der Waals surface area contributed by atoms with Crippen molar-refractivity contribution in [3.63, 3.8) is 0 Å². The summed E-state index contributed by atoms with van der Waals surface area (Å²) < 4.78 is 0. The zero-order valence-electron chi connectivity index (χ0n) is 16.3. The van der Waals surface area contributed by atoms with E-state index < -0.39 is 0 Å². The van der Waals surface area contributed by atoms with E-state index in [0.717, 1.165) is 45.4 Å². The van der Waals surface area contributed by atoms with E-state index in [1.165, 1.54) is 5.56 Å². The maximum atomic E-state index is 12.7. The standard InChI is InChI=1S/C21H29N5O/c1-25(2)15-12-22-20-9-8-19(23-24-20)21(27)26-13-10-18(11-14-26)16-17-6-4-3-5-7-17/h3-9,18H,10-16H2,1-2H3,(H,22,24). The van der Waals surface area contributed by atoms with Crippen molar-refractivity contribution in [2.75, 3.05) is 45.6 Å². The monoisotopic (exact) mass is 367 g/mol. The van der Waals surface area contributed by atoms with Crippen molar-refractivity contribution < 1.29 is 4.79 Å². The summed E-state index contributed by atoms with van der Waals surface area (Å²) in [5.74, 6) is 1.33. The van der Waals surface area contributed by atoms with Crippen LogP contribution < -0.4 is 5.32 Å². The van der Waals surface area contributed by atoms with Crippen LogP contribution >= 0.6 is 0 Å². The van der Waals surface area contributed by atoms with E-state index in [0.29, 0.717) is 17.4 Å². The normalized spacial score (nSPS) is 15.1. The van der Waals surface area contributed by atoms with Crippen LogP contribution in [-0.2, 0) is 6.42 Å². The van der Waals surface area contributed by atoms with Gasteiger partial charge in [-0.05, 0) is 57.0 Å². The van der Waals surface area contributed by atoms with Crippen molar-refractivity contribution in [1.29, 1.82) is 0 Å². The minimum absolute atomic E-state index is 0.0134. The van der Waals surface area contributed by atoms with Crippen LogP contribution in [0.5, 0.6) is 0 Å². The highest BCUT2D eigenvalue weighted by atomic mass is 16.2. The third-order valence-electron chi connectivity index (χ3n) is 5.02. The second-order valence-electron chi connectivity index (χ2n) is 7.46. The largest absolute Gasteiger partial charge is 0.367 e. The topological polar surface area (TPSA) is 61.4 Å². The molecule has 0 bridgehead atoms. The van der Waals surface area contributed by atoms with E-state index in [2.05, 4.69) is 50.7 Å². The Labute approximate surface area is 161 Å². The Morgan fingerprint density at radius 3 is 2.48 bits per heavy atom. The van der Waals surface area contributed by atoms with E-state index in [-0.39, 0.29) is 5.91 Å². The number of anilines is 1. The summed E-state index contributed by atoms with van der Waals surface area (Å²) in [5.41, 5.74) is 1.81. The van der Waals surface area contributed by atoms with Crippen molar-refractivity contribution >= 4 is 11.7 Å². The fourth-order valence-electron chi connectivity index (χ4n) is 3.40. The molecule has 6 nitrogen and oxygen atoms in total. The van der Waals surface area contributed by atoms with Crippen molar-refractivity contribution in [2.24, 2.45) is 5.92 Å². The Hall–Kier alpha value is -2.47. The van der Waals surface area contributed by atoms with E-state index in [1.54, 1.807) is 6.07 Å². The molecule has 27 heavy (non-hydrogen) atoms. The van der Waals surface area contributed by atoms with Gasteiger partial charge in [0.25, 0.3) is 5.91 Å². The maximum Gasteiger partial charge on any atom is 0.274 e. The van der Waals surface area contributed by atoms with Gasteiger partial charge in [-0.1, -0.05) is 30.3 Å². The third-order valence-corrected chi connectivity index (χ3v) is 5.02. The van der Waals surface area contributed by atoms with Gasteiger partial charge in [0.05, 0.1) is 0 Å². The lowest BCUT2D eigenvalue weighted by molar-refractivity contribution is 0.0683. The molecule has 6 heteroatoms. The molecule has 1 fully saturated rings. The summed E-state index contributed by atoms with van der Waals surface area (Å²) in [6, 6.07) is 14.2. The highest BCUT2D eigenvalue weighted by molar-refractivity contribution is 5.92. The van der Waals surface area contributed by atoms with Gasteiger partial charge in [0.1, 0.15) is 5.82 Å². The minimum Gasteiger partial charge on any atom is -0.367 e. The molecule has 0 spiro atoms. The summed E-state index contributed by atoms with van der Waals surface area (Å²) >= 11 is 0. The number of carbonyl (C=O) groups excluding carboxylic acids is 1. The number of rotatable bonds is 7. The van der Waals surface area contributed by atoms with Crippen LogP contribution in [0, 0.1) is 5.92 Å². The smallest absolute Gasteiger partial charge is 0.274 e. The first kappa shape index (κ1) is 19.3. The number of aromatic nitrogens is 2. The lowest BCUT2D eigenvalue weighted by Crippen LogP contribution is -2.39. The number of hydrogen-bond donors (Lipinski definition) is 1. The van der Waals surface area contributed by atoms with E-state index in [4.69, 9.17) is 0 Å². The van der Waals surface area contributed by atoms with Crippen LogP contribution in [0.1, 0.15) is 28.9 Å². The van der Waals surface area contributed by atoms with Crippen LogP contribution in [0.25, 0.3) is 0 Å². The first-order chi connectivity index (χ1) is 13.1. The molecule has 0 saturated carbocycles. The molecule has 2 heterocycles. The third kappa shape index (κ3) is 5.76. The number of likely N-dealkylation sites (N-methyl/N-ethyl adjacent to an activating group) is 1. The summed E-state index contributed by atoms with van der Waals surface area (Å²) in [5, 5.41) is 11.5. The van der Waals surface area contributed by atoms with Crippen LogP contribution in [0.15, 0.2) is 42.5 Å². The molecule has 0 radical (unpaired) electrons. The predicted octanol–water partition coefficient (Wildman–Crippen LogP) is 2.55. The molecule has 144 valence electrons. The second-order valence-corrected chi connectivity index (χ2v) is 7.46. The molecule has 0 aliphatic carbocycles. The number of piperidine rings is 1. The van der Waals surface area contributed by atoms with E-state index in [1.807, 2.05) is 25.1 Å². The van der Waals surface area contributed by atoms with Gasteiger partial charge in [-0.2, -0.15) is 0 Å². The van der Waals surface area contributed by atoms with E-state index in [9.17, 15) is 4.79 Å². The van der Waals surface area contributed by atoms with Gasteiger partial charge in [-0.3, -0.25) is 4.79 Å². The number of carbonyl (C=O) groups is 1. The molecule has 3 rings (SSSR count). The van der Waals surface area contributed by atoms with Crippen LogP contribution in [0.2, 0.25) is 0 Å².